The number of carbonyl (C=O) groups is 2. The fourth-order valence-corrected chi connectivity index (χ4v) is 2.74. The number of piperidine rings is 1. The molecular weight excluding hydrogens is 286 g/mol. The third-order valence-corrected chi connectivity index (χ3v) is 3.91. The van der Waals surface area contributed by atoms with Crippen LogP contribution in [0.15, 0.2) is 30.3 Å². The smallest absolute Gasteiger partial charge is 0.410 e. The van der Waals surface area contributed by atoms with Gasteiger partial charge in [0.2, 0.25) is 0 Å². The summed E-state index contributed by atoms with van der Waals surface area (Å²) < 4.78 is 10.0. The lowest BCUT2D eigenvalue weighted by atomic mass is 9.90. The lowest BCUT2D eigenvalue weighted by Crippen LogP contribution is -2.52. The van der Waals surface area contributed by atoms with Crippen molar-refractivity contribution < 1.29 is 24.2 Å². The predicted molar refractivity (Wildman–Crippen MR) is 78.9 cm³/mol. The number of hydrogen-bond donors (Lipinski definition) is 1. The summed E-state index contributed by atoms with van der Waals surface area (Å²) in [6.45, 7) is 0.337. The normalized spacial score (nSPS) is 21.3. The van der Waals surface area contributed by atoms with E-state index in [1.807, 2.05) is 30.3 Å². The molecule has 1 aromatic rings. The van der Waals surface area contributed by atoms with Crippen molar-refractivity contribution in [1.29, 1.82) is 0 Å². The van der Waals surface area contributed by atoms with Gasteiger partial charge in [-0.05, 0) is 18.4 Å². The molecule has 0 aromatic heterocycles. The molecule has 0 saturated carbocycles. The predicted octanol–water partition coefficient (Wildman–Crippen LogP) is 1.57. The van der Waals surface area contributed by atoms with E-state index in [9.17, 15) is 14.7 Å². The van der Waals surface area contributed by atoms with Crippen molar-refractivity contribution in [2.45, 2.75) is 25.5 Å². The highest BCUT2D eigenvalue weighted by Gasteiger charge is 2.39. The summed E-state index contributed by atoms with van der Waals surface area (Å²) in [6.07, 6.45) is 0.758. The summed E-state index contributed by atoms with van der Waals surface area (Å²) in [5.41, 5.74) is 0.887. The van der Waals surface area contributed by atoms with Gasteiger partial charge in [-0.1, -0.05) is 30.3 Å². The van der Waals surface area contributed by atoms with Crippen LogP contribution in [-0.2, 0) is 20.9 Å². The van der Waals surface area contributed by atoms with E-state index >= 15 is 0 Å². The first kappa shape index (κ1) is 16.3. The molecule has 1 amide bonds. The van der Waals surface area contributed by atoms with E-state index in [1.54, 1.807) is 0 Å². The van der Waals surface area contributed by atoms with Crippen molar-refractivity contribution in [1.82, 2.24) is 4.90 Å². The Bertz CT molecular complexity index is 505. The minimum Gasteiger partial charge on any atom is -0.469 e. The second-order valence-electron chi connectivity index (χ2n) is 5.26. The van der Waals surface area contributed by atoms with Gasteiger partial charge in [-0.3, -0.25) is 4.79 Å². The molecule has 1 N–H and O–H groups in total. The van der Waals surface area contributed by atoms with E-state index in [4.69, 9.17) is 9.47 Å². The summed E-state index contributed by atoms with van der Waals surface area (Å²) in [5.74, 6) is -0.910. The second-order valence-corrected chi connectivity index (χ2v) is 5.26. The molecule has 0 bridgehead atoms. The van der Waals surface area contributed by atoms with Gasteiger partial charge in [-0.15, -0.1) is 0 Å². The van der Waals surface area contributed by atoms with Crippen LogP contribution in [0.5, 0.6) is 0 Å². The average molecular weight is 307 g/mol. The fourth-order valence-electron chi connectivity index (χ4n) is 2.74. The fraction of sp³-hybridized carbons (Fsp3) is 0.500. The topological polar surface area (TPSA) is 76.1 Å². The Morgan fingerprint density at radius 3 is 2.68 bits per heavy atom. The molecule has 0 unspecified atom stereocenters. The monoisotopic (exact) mass is 307 g/mol. The molecule has 1 aliphatic heterocycles. The Hall–Kier alpha value is -2.08. The zero-order valence-corrected chi connectivity index (χ0v) is 12.6. The highest BCUT2D eigenvalue weighted by molar-refractivity contribution is 5.75. The third kappa shape index (κ3) is 3.76. The Morgan fingerprint density at radius 2 is 2.05 bits per heavy atom. The van der Waals surface area contributed by atoms with Crippen molar-refractivity contribution in [2.75, 3.05) is 20.3 Å². The van der Waals surface area contributed by atoms with Crippen LogP contribution in [0.3, 0.4) is 0 Å². The van der Waals surface area contributed by atoms with Crippen LogP contribution in [0.4, 0.5) is 4.79 Å². The maximum Gasteiger partial charge on any atom is 0.410 e. The van der Waals surface area contributed by atoms with Gasteiger partial charge in [0.05, 0.1) is 25.7 Å². The molecule has 0 aliphatic carbocycles. The summed E-state index contributed by atoms with van der Waals surface area (Å²) >= 11 is 0. The maximum absolute atomic E-state index is 12.2. The van der Waals surface area contributed by atoms with Crippen molar-refractivity contribution in [3.63, 3.8) is 0 Å². The van der Waals surface area contributed by atoms with Gasteiger partial charge in [0.25, 0.3) is 0 Å². The maximum atomic E-state index is 12.2. The molecule has 120 valence electrons. The van der Waals surface area contributed by atoms with Gasteiger partial charge in [0, 0.05) is 6.54 Å². The molecule has 1 saturated heterocycles. The number of aliphatic hydroxyl groups is 1. The third-order valence-electron chi connectivity index (χ3n) is 3.91. The van der Waals surface area contributed by atoms with Crippen LogP contribution < -0.4 is 0 Å². The van der Waals surface area contributed by atoms with Gasteiger partial charge >= 0.3 is 12.1 Å². The standard InChI is InChI=1S/C16H21NO5/c1-21-15(19)13-8-5-9-17(14(13)10-18)16(20)22-11-12-6-3-2-4-7-12/h2-4,6-7,13-14,18H,5,8-11H2,1H3/t13-,14+/m1/s1. The van der Waals surface area contributed by atoms with E-state index in [0.29, 0.717) is 19.4 Å². The molecular formula is C16H21NO5. The number of amides is 1. The van der Waals surface area contributed by atoms with Gasteiger partial charge in [0.1, 0.15) is 6.61 Å². The quantitative estimate of drug-likeness (QED) is 0.855. The zero-order valence-electron chi connectivity index (χ0n) is 12.6. The molecule has 1 aliphatic rings. The van der Waals surface area contributed by atoms with Crippen molar-refractivity contribution >= 4 is 12.1 Å². The van der Waals surface area contributed by atoms with Crippen molar-refractivity contribution in [2.24, 2.45) is 5.92 Å². The zero-order chi connectivity index (χ0) is 15.9. The molecule has 1 fully saturated rings. The minimum absolute atomic E-state index is 0.164. The van der Waals surface area contributed by atoms with E-state index in [0.717, 1.165) is 5.56 Å². The number of esters is 1. The summed E-state index contributed by atoms with van der Waals surface area (Å²) in [6, 6.07) is 8.76. The van der Waals surface area contributed by atoms with Gasteiger partial charge in [0.15, 0.2) is 0 Å². The van der Waals surface area contributed by atoms with Gasteiger partial charge < -0.3 is 19.5 Å². The highest BCUT2D eigenvalue weighted by Crippen LogP contribution is 2.25. The first-order valence-corrected chi connectivity index (χ1v) is 7.33. The summed E-state index contributed by atoms with van der Waals surface area (Å²) in [7, 11) is 1.31. The SMILES string of the molecule is COC(=O)[C@@H]1CCCN(C(=O)OCc2ccccc2)[C@H]1CO. The first-order chi connectivity index (χ1) is 10.7. The molecule has 1 heterocycles. The summed E-state index contributed by atoms with van der Waals surface area (Å²) in [5, 5.41) is 9.55. The van der Waals surface area contributed by atoms with Crippen LogP contribution in [0.1, 0.15) is 18.4 Å². The van der Waals surface area contributed by atoms with Crippen molar-refractivity contribution in [3.8, 4) is 0 Å². The van der Waals surface area contributed by atoms with Crippen LogP contribution in [-0.4, -0.2) is 48.4 Å². The van der Waals surface area contributed by atoms with Crippen molar-refractivity contribution in [3.05, 3.63) is 35.9 Å². The number of benzene rings is 1. The second kappa shape index (κ2) is 7.79. The average Bonchev–Trinajstić information content (AvgIpc) is 2.59. The molecule has 6 nitrogen and oxygen atoms in total. The van der Waals surface area contributed by atoms with E-state index < -0.39 is 24.0 Å². The Labute approximate surface area is 129 Å². The number of rotatable bonds is 4. The molecule has 0 radical (unpaired) electrons. The van der Waals surface area contributed by atoms with E-state index in [2.05, 4.69) is 0 Å². The number of aliphatic hydroxyl groups excluding tert-OH is 1. The lowest BCUT2D eigenvalue weighted by Gasteiger charge is -2.38. The lowest BCUT2D eigenvalue weighted by molar-refractivity contribution is -0.150. The number of methoxy groups -OCH3 is 1. The van der Waals surface area contributed by atoms with Crippen LogP contribution >= 0.6 is 0 Å². The van der Waals surface area contributed by atoms with E-state index in [1.165, 1.54) is 12.0 Å². The van der Waals surface area contributed by atoms with Crippen LogP contribution in [0.25, 0.3) is 0 Å². The van der Waals surface area contributed by atoms with Gasteiger partial charge in [-0.2, -0.15) is 0 Å². The first-order valence-electron chi connectivity index (χ1n) is 7.33. The number of ether oxygens (including phenoxy) is 2. The van der Waals surface area contributed by atoms with Crippen LogP contribution in [0, 0.1) is 5.92 Å². The Morgan fingerprint density at radius 1 is 1.32 bits per heavy atom. The minimum atomic E-state index is -0.593. The summed E-state index contributed by atoms with van der Waals surface area (Å²) in [4.78, 5) is 25.4. The molecule has 6 heteroatoms. The number of likely N-dealkylation sites (tertiary alicyclic amines) is 1. The van der Waals surface area contributed by atoms with E-state index in [-0.39, 0.29) is 13.2 Å². The molecule has 1 aromatic carbocycles. The number of hydrogen-bond acceptors (Lipinski definition) is 5. The Balaban J connectivity index is 1.99. The molecule has 22 heavy (non-hydrogen) atoms. The highest BCUT2D eigenvalue weighted by atomic mass is 16.6. The van der Waals surface area contributed by atoms with Crippen LogP contribution in [0.2, 0.25) is 0 Å². The molecule has 2 rings (SSSR count). The molecule has 2 atom stereocenters. The Kier molecular flexibility index (Phi) is 5.77. The largest absolute Gasteiger partial charge is 0.469 e. The molecule has 0 spiro atoms. The van der Waals surface area contributed by atoms with Gasteiger partial charge in [-0.25, -0.2) is 4.79 Å². The number of nitrogens with zero attached hydrogens (tertiary/aromatic N) is 1. The number of carbonyl (C=O) groups excluding carboxylic acids is 2.